The molecule has 4 N–H and O–H groups in total. The topological polar surface area (TPSA) is 120 Å². The van der Waals surface area contributed by atoms with E-state index in [4.69, 9.17) is 11.6 Å². The van der Waals surface area contributed by atoms with Crippen molar-refractivity contribution in [2.24, 2.45) is 5.10 Å². The number of anilines is 2. The van der Waals surface area contributed by atoms with Gasteiger partial charge in [-0.2, -0.15) is 5.10 Å². The van der Waals surface area contributed by atoms with Gasteiger partial charge in [0.05, 0.1) is 17.5 Å². The number of para-hydroxylation sites is 1. The summed E-state index contributed by atoms with van der Waals surface area (Å²) in [5.41, 5.74) is 4.31. The number of hydrazone groups is 1. The number of nitrogens with zero attached hydrogens (tertiary/aromatic N) is 1. The number of hydrogen-bond acceptors (Lipinski definition) is 5. The third-order valence-electron chi connectivity index (χ3n) is 4.29. The highest BCUT2D eigenvalue weighted by molar-refractivity contribution is 6.40. The van der Waals surface area contributed by atoms with Gasteiger partial charge < -0.3 is 15.7 Å². The van der Waals surface area contributed by atoms with Crippen LogP contribution in [0, 0.1) is 6.92 Å². The summed E-state index contributed by atoms with van der Waals surface area (Å²) in [7, 11) is 0. The minimum Gasteiger partial charge on any atom is -0.507 e. The van der Waals surface area contributed by atoms with Crippen LogP contribution in [0.25, 0.3) is 0 Å². The second kappa shape index (κ2) is 10.2. The largest absolute Gasteiger partial charge is 0.507 e. The number of nitrogens with one attached hydrogen (secondary N) is 3. The first kappa shape index (κ1) is 22.5. The van der Waals surface area contributed by atoms with Crippen LogP contribution in [0.5, 0.6) is 5.75 Å². The zero-order valence-electron chi connectivity index (χ0n) is 16.9. The van der Waals surface area contributed by atoms with Crippen LogP contribution < -0.4 is 16.1 Å². The zero-order chi connectivity index (χ0) is 23.1. The first-order chi connectivity index (χ1) is 15.3. The third-order valence-corrected chi connectivity index (χ3v) is 4.53. The Labute approximate surface area is 188 Å². The molecular formula is C23H19ClN4O4. The van der Waals surface area contributed by atoms with E-state index in [0.29, 0.717) is 10.7 Å². The highest BCUT2D eigenvalue weighted by atomic mass is 35.5. The van der Waals surface area contributed by atoms with Crippen LogP contribution in [-0.2, 0) is 9.59 Å². The van der Waals surface area contributed by atoms with E-state index in [1.807, 2.05) is 19.1 Å². The van der Waals surface area contributed by atoms with E-state index in [9.17, 15) is 19.5 Å². The van der Waals surface area contributed by atoms with E-state index in [1.165, 1.54) is 30.3 Å². The molecule has 0 fully saturated rings. The molecule has 0 aliphatic carbocycles. The molecule has 0 saturated heterocycles. The monoisotopic (exact) mass is 450 g/mol. The Morgan fingerprint density at radius 2 is 1.66 bits per heavy atom. The number of carbonyl (C=O) groups is 3. The molecule has 0 aromatic heterocycles. The molecule has 0 aliphatic heterocycles. The van der Waals surface area contributed by atoms with Crippen LogP contribution in [-0.4, -0.2) is 29.0 Å². The summed E-state index contributed by atoms with van der Waals surface area (Å²) in [6.45, 7) is 1.93. The van der Waals surface area contributed by atoms with Crippen molar-refractivity contribution in [1.82, 2.24) is 5.43 Å². The average Bonchev–Trinajstić information content (AvgIpc) is 2.78. The van der Waals surface area contributed by atoms with Gasteiger partial charge in [0.1, 0.15) is 5.75 Å². The molecule has 0 saturated carbocycles. The molecule has 0 aliphatic rings. The molecule has 3 amide bonds. The van der Waals surface area contributed by atoms with E-state index in [-0.39, 0.29) is 22.6 Å². The Bertz CT molecular complexity index is 1190. The molecule has 0 bridgehead atoms. The quantitative estimate of drug-likeness (QED) is 0.269. The van der Waals surface area contributed by atoms with Gasteiger partial charge in [0.25, 0.3) is 5.91 Å². The van der Waals surface area contributed by atoms with Crippen LogP contribution in [0.4, 0.5) is 11.4 Å². The number of halogens is 1. The van der Waals surface area contributed by atoms with Crippen molar-refractivity contribution in [2.45, 2.75) is 6.92 Å². The highest BCUT2D eigenvalue weighted by Crippen LogP contribution is 2.20. The lowest BCUT2D eigenvalue weighted by Gasteiger charge is -2.11. The first-order valence-corrected chi connectivity index (χ1v) is 9.81. The van der Waals surface area contributed by atoms with Gasteiger partial charge in [0.15, 0.2) is 0 Å². The number of aromatic hydroxyl groups is 1. The predicted octanol–water partition coefficient (Wildman–Crippen LogP) is 3.70. The van der Waals surface area contributed by atoms with E-state index in [0.717, 1.165) is 11.8 Å². The maximum absolute atomic E-state index is 12.6. The smallest absolute Gasteiger partial charge is 0.329 e. The van der Waals surface area contributed by atoms with Crippen molar-refractivity contribution in [3.63, 3.8) is 0 Å². The van der Waals surface area contributed by atoms with E-state index in [2.05, 4.69) is 21.2 Å². The SMILES string of the molecule is Cc1ccc(NC(=O)c2ccccc2NC(=O)C(=O)NN=Cc2cc(Cl)ccc2O)cc1. The summed E-state index contributed by atoms with van der Waals surface area (Å²) in [5.74, 6) is -2.62. The number of phenols is 1. The highest BCUT2D eigenvalue weighted by Gasteiger charge is 2.17. The molecule has 3 aromatic rings. The van der Waals surface area contributed by atoms with Gasteiger partial charge in [-0.1, -0.05) is 41.4 Å². The standard InChI is InChI=1S/C23H19ClN4O4/c1-14-6-9-17(10-7-14)26-21(30)18-4-2-3-5-19(18)27-22(31)23(32)28-25-13-15-12-16(24)8-11-20(15)29/h2-13,29H,1H3,(H,26,30)(H,27,31)(H,28,32). The molecule has 162 valence electrons. The minimum atomic E-state index is -1.06. The van der Waals surface area contributed by atoms with Crippen LogP contribution >= 0.6 is 11.6 Å². The lowest BCUT2D eigenvalue weighted by atomic mass is 10.1. The Balaban J connectivity index is 1.65. The molecule has 0 atom stereocenters. The molecule has 0 heterocycles. The maximum Gasteiger partial charge on any atom is 0.329 e. The fraction of sp³-hybridized carbons (Fsp3) is 0.0435. The molecule has 9 heteroatoms. The number of carbonyl (C=O) groups excluding carboxylic acids is 3. The Kier molecular flexibility index (Phi) is 7.20. The summed E-state index contributed by atoms with van der Waals surface area (Å²) in [5, 5.41) is 18.9. The predicted molar refractivity (Wildman–Crippen MR) is 123 cm³/mol. The van der Waals surface area contributed by atoms with Crippen molar-refractivity contribution in [3.05, 3.63) is 88.4 Å². The van der Waals surface area contributed by atoms with Crippen LogP contribution in [0.1, 0.15) is 21.5 Å². The Morgan fingerprint density at radius 3 is 2.41 bits per heavy atom. The van der Waals surface area contributed by atoms with Crippen molar-refractivity contribution in [2.75, 3.05) is 10.6 Å². The summed E-state index contributed by atoms with van der Waals surface area (Å²) < 4.78 is 0. The van der Waals surface area contributed by atoms with Crippen LogP contribution in [0.15, 0.2) is 71.8 Å². The van der Waals surface area contributed by atoms with Gasteiger partial charge in [-0.3, -0.25) is 14.4 Å². The van der Waals surface area contributed by atoms with Gasteiger partial charge in [-0.25, -0.2) is 5.43 Å². The number of hydrogen-bond donors (Lipinski definition) is 4. The molecule has 8 nitrogen and oxygen atoms in total. The Morgan fingerprint density at radius 1 is 0.938 bits per heavy atom. The number of benzene rings is 3. The average molecular weight is 451 g/mol. The summed E-state index contributed by atoms with van der Waals surface area (Å²) in [6.07, 6.45) is 1.15. The van der Waals surface area contributed by atoms with E-state index < -0.39 is 17.7 Å². The summed E-state index contributed by atoms with van der Waals surface area (Å²) in [6, 6.07) is 17.8. The molecule has 3 rings (SSSR count). The lowest BCUT2D eigenvalue weighted by molar-refractivity contribution is -0.136. The van der Waals surface area contributed by atoms with Crippen LogP contribution in [0.3, 0.4) is 0 Å². The second-order valence-electron chi connectivity index (χ2n) is 6.72. The molecule has 0 spiro atoms. The molecule has 32 heavy (non-hydrogen) atoms. The van der Waals surface area contributed by atoms with Gasteiger partial charge in [0.2, 0.25) is 0 Å². The van der Waals surface area contributed by atoms with E-state index in [1.54, 1.807) is 24.3 Å². The van der Waals surface area contributed by atoms with Crippen LogP contribution in [0.2, 0.25) is 5.02 Å². The minimum absolute atomic E-state index is 0.0923. The van der Waals surface area contributed by atoms with Crippen molar-refractivity contribution >= 4 is 46.9 Å². The lowest BCUT2D eigenvalue weighted by Crippen LogP contribution is -2.33. The van der Waals surface area contributed by atoms with Gasteiger partial charge in [0, 0.05) is 16.3 Å². The summed E-state index contributed by atoms with van der Waals surface area (Å²) in [4.78, 5) is 37.0. The van der Waals surface area contributed by atoms with Gasteiger partial charge in [-0.15, -0.1) is 0 Å². The van der Waals surface area contributed by atoms with Crippen molar-refractivity contribution < 1.29 is 19.5 Å². The summed E-state index contributed by atoms with van der Waals surface area (Å²) >= 11 is 5.84. The molecular weight excluding hydrogens is 432 g/mol. The van der Waals surface area contributed by atoms with Crippen molar-refractivity contribution in [1.29, 1.82) is 0 Å². The zero-order valence-corrected chi connectivity index (χ0v) is 17.7. The number of amides is 3. The number of rotatable bonds is 5. The van der Waals surface area contributed by atoms with Gasteiger partial charge >= 0.3 is 11.8 Å². The second-order valence-corrected chi connectivity index (χ2v) is 7.16. The fourth-order valence-electron chi connectivity index (χ4n) is 2.64. The van der Waals surface area contributed by atoms with Crippen molar-refractivity contribution in [3.8, 4) is 5.75 Å². The fourth-order valence-corrected chi connectivity index (χ4v) is 2.83. The third kappa shape index (κ3) is 5.93. The molecule has 0 unspecified atom stereocenters. The molecule has 3 aromatic carbocycles. The number of phenolic OH excluding ortho intramolecular Hbond substituents is 1. The number of aryl methyl sites for hydroxylation is 1. The van der Waals surface area contributed by atoms with Gasteiger partial charge in [-0.05, 0) is 49.4 Å². The first-order valence-electron chi connectivity index (χ1n) is 9.43. The molecule has 0 radical (unpaired) electrons. The Hall–Kier alpha value is -4.17. The maximum atomic E-state index is 12.6. The van der Waals surface area contributed by atoms with E-state index >= 15 is 0 Å². The normalized spacial score (nSPS) is 10.6.